The quantitative estimate of drug-likeness (QED) is 0.743. The number of anilines is 1. The molecule has 2 rings (SSSR count). The van der Waals surface area contributed by atoms with Crippen molar-refractivity contribution in [2.75, 3.05) is 11.9 Å². The van der Waals surface area contributed by atoms with Crippen molar-refractivity contribution >= 4 is 50.7 Å². The first-order valence-electron chi connectivity index (χ1n) is 5.33. The largest absolute Gasteiger partial charge is 0.310 e. The Bertz CT molecular complexity index is 617. The van der Waals surface area contributed by atoms with E-state index < -0.39 is 0 Å². The van der Waals surface area contributed by atoms with Crippen LogP contribution < -0.4 is 4.90 Å². The molecule has 1 aromatic heterocycles. The molecule has 2 aromatic rings. The van der Waals surface area contributed by atoms with E-state index in [9.17, 15) is 4.79 Å². The number of carbonyl (C=O) groups is 1. The number of carbonyl (C=O) groups excluding carboxylic acids is 1. The second-order valence-corrected chi connectivity index (χ2v) is 5.54. The van der Waals surface area contributed by atoms with Crippen LogP contribution in [0, 0.1) is 0 Å². The van der Waals surface area contributed by atoms with Gasteiger partial charge in [0, 0.05) is 17.7 Å². The predicted molar refractivity (Wildman–Crippen MR) is 81.1 cm³/mol. The van der Waals surface area contributed by atoms with E-state index in [0.29, 0.717) is 21.4 Å². The van der Waals surface area contributed by atoms with Gasteiger partial charge in [-0.1, -0.05) is 39.1 Å². The Morgan fingerprint density at radius 1 is 1.26 bits per heavy atom. The summed E-state index contributed by atoms with van der Waals surface area (Å²) in [7, 11) is 1.66. The van der Waals surface area contributed by atoms with E-state index in [1.165, 1.54) is 11.1 Å². The smallest absolute Gasteiger partial charge is 0.259 e. The van der Waals surface area contributed by atoms with Gasteiger partial charge < -0.3 is 4.90 Å². The van der Waals surface area contributed by atoms with Crippen molar-refractivity contribution in [1.29, 1.82) is 0 Å². The molecule has 0 saturated carbocycles. The first kappa shape index (κ1) is 14.3. The number of rotatable bonds is 2. The number of halogens is 3. The zero-order valence-corrected chi connectivity index (χ0v) is 13.0. The molecule has 0 aliphatic rings. The lowest BCUT2D eigenvalue weighted by Crippen LogP contribution is -2.26. The Hall–Kier alpha value is -1.10. The molecule has 0 N–H and O–H groups in total. The molecule has 0 fully saturated rings. The molecule has 19 heavy (non-hydrogen) atoms. The van der Waals surface area contributed by atoms with Gasteiger partial charge >= 0.3 is 0 Å². The summed E-state index contributed by atoms with van der Waals surface area (Å²) in [5, 5.41) is 0.841. The lowest BCUT2D eigenvalue weighted by atomic mass is 10.2. The molecule has 0 unspecified atom stereocenters. The second-order valence-electron chi connectivity index (χ2n) is 3.83. The fourth-order valence-electron chi connectivity index (χ4n) is 1.56. The maximum absolute atomic E-state index is 12.3. The Labute approximate surface area is 129 Å². The Balaban J connectivity index is 2.30. The van der Waals surface area contributed by atoms with Crippen molar-refractivity contribution in [2.24, 2.45) is 0 Å². The summed E-state index contributed by atoms with van der Waals surface area (Å²) in [6.07, 6.45) is 1.44. The maximum atomic E-state index is 12.3. The molecule has 1 heterocycles. The lowest BCUT2D eigenvalue weighted by Gasteiger charge is -2.18. The normalized spacial score (nSPS) is 10.3. The molecule has 0 saturated heterocycles. The second kappa shape index (κ2) is 5.90. The summed E-state index contributed by atoms with van der Waals surface area (Å²) in [5.41, 5.74) is 1.08. The van der Waals surface area contributed by atoms with Gasteiger partial charge in [-0.3, -0.25) is 4.79 Å². The highest BCUT2D eigenvalue weighted by molar-refractivity contribution is 9.10. The van der Waals surface area contributed by atoms with Crippen LogP contribution in [0.25, 0.3) is 0 Å². The SMILES string of the molecule is CN(C(=O)c1ccc(Cl)nc1)c1ccc(Br)cc1Cl. The summed E-state index contributed by atoms with van der Waals surface area (Å²) < 4.78 is 0.857. The molecular formula is C13H9BrCl2N2O. The number of hydrogen-bond acceptors (Lipinski definition) is 2. The first-order chi connectivity index (χ1) is 8.99. The van der Waals surface area contributed by atoms with E-state index in [-0.39, 0.29) is 5.91 Å². The summed E-state index contributed by atoms with van der Waals surface area (Å²) >= 11 is 15.1. The fourth-order valence-corrected chi connectivity index (χ4v) is 2.47. The molecule has 1 amide bonds. The van der Waals surface area contributed by atoms with Crippen LogP contribution in [-0.4, -0.2) is 17.9 Å². The minimum Gasteiger partial charge on any atom is -0.310 e. The summed E-state index contributed by atoms with van der Waals surface area (Å²) in [6, 6.07) is 8.53. The molecule has 0 bridgehead atoms. The van der Waals surface area contributed by atoms with Crippen molar-refractivity contribution in [3.8, 4) is 0 Å². The molecule has 3 nitrogen and oxygen atoms in total. The predicted octanol–water partition coefficient (Wildman–Crippen LogP) is 4.43. The van der Waals surface area contributed by atoms with Gasteiger partial charge in [0.25, 0.3) is 5.91 Å². The highest BCUT2D eigenvalue weighted by atomic mass is 79.9. The molecular weight excluding hydrogens is 351 g/mol. The summed E-state index contributed by atoms with van der Waals surface area (Å²) in [4.78, 5) is 17.6. The Morgan fingerprint density at radius 3 is 2.58 bits per heavy atom. The van der Waals surface area contributed by atoms with Crippen LogP contribution >= 0.6 is 39.1 Å². The highest BCUT2D eigenvalue weighted by Gasteiger charge is 2.16. The fraction of sp³-hybridized carbons (Fsp3) is 0.0769. The molecule has 0 aliphatic heterocycles. The molecule has 0 spiro atoms. The number of amides is 1. The van der Waals surface area contributed by atoms with E-state index in [1.54, 1.807) is 31.3 Å². The van der Waals surface area contributed by atoms with Crippen molar-refractivity contribution in [3.63, 3.8) is 0 Å². The van der Waals surface area contributed by atoms with E-state index >= 15 is 0 Å². The van der Waals surface area contributed by atoms with Crippen molar-refractivity contribution < 1.29 is 4.79 Å². The number of pyridine rings is 1. The van der Waals surface area contributed by atoms with Crippen LogP contribution in [0.3, 0.4) is 0 Å². The van der Waals surface area contributed by atoms with Gasteiger partial charge in [0.2, 0.25) is 0 Å². The van der Waals surface area contributed by atoms with Gasteiger partial charge in [-0.2, -0.15) is 0 Å². The van der Waals surface area contributed by atoms with Crippen LogP contribution in [0.1, 0.15) is 10.4 Å². The van der Waals surface area contributed by atoms with Gasteiger partial charge in [0.15, 0.2) is 0 Å². The summed E-state index contributed by atoms with van der Waals surface area (Å²) in [5.74, 6) is -0.201. The van der Waals surface area contributed by atoms with E-state index in [0.717, 1.165) is 4.47 Å². The minimum absolute atomic E-state index is 0.201. The topological polar surface area (TPSA) is 33.2 Å². The Morgan fingerprint density at radius 2 is 2.00 bits per heavy atom. The number of nitrogens with zero attached hydrogens (tertiary/aromatic N) is 2. The first-order valence-corrected chi connectivity index (χ1v) is 6.88. The monoisotopic (exact) mass is 358 g/mol. The van der Waals surface area contributed by atoms with Gasteiger partial charge in [-0.15, -0.1) is 0 Å². The maximum Gasteiger partial charge on any atom is 0.259 e. The third-order valence-corrected chi connectivity index (χ3v) is 3.57. The lowest BCUT2D eigenvalue weighted by molar-refractivity contribution is 0.0992. The van der Waals surface area contributed by atoms with Gasteiger partial charge in [0.1, 0.15) is 5.15 Å². The van der Waals surface area contributed by atoms with Crippen molar-refractivity contribution in [3.05, 3.63) is 56.7 Å². The van der Waals surface area contributed by atoms with E-state index in [1.807, 2.05) is 6.07 Å². The average molecular weight is 360 g/mol. The van der Waals surface area contributed by atoms with Crippen molar-refractivity contribution in [2.45, 2.75) is 0 Å². The molecule has 0 atom stereocenters. The third kappa shape index (κ3) is 3.26. The van der Waals surface area contributed by atoms with Gasteiger partial charge in [-0.05, 0) is 30.3 Å². The minimum atomic E-state index is -0.201. The molecule has 1 aromatic carbocycles. The molecule has 98 valence electrons. The standard InChI is InChI=1S/C13H9BrCl2N2O/c1-18(11-4-3-9(14)6-10(11)15)13(19)8-2-5-12(16)17-7-8/h2-7H,1H3. The zero-order valence-electron chi connectivity index (χ0n) is 9.90. The van der Waals surface area contributed by atoms with Crippen LogP contribution in [0.4, 0.5) is 5.69 Å². The van der Waals surface area contributed by atoms with Gasteiger partial charge in [0.05, 0.1) is 16.3 Å². The number of benzene rings is 1. The summed E-state index contributed by atoms with van der Waals surface area (Å²) in [6.45, 7) is 0. The average Bonchev–Trinajstić information content (AvgIpc) is 2.38. The van der Waals surface area contributed by atoms with Gasteiger partial charge in [-0.25, -0.2) is 4.98 Å². The number of hydrogen-bond donors (Lipinski definition) is 0. The number of aromatic nitrogens is 1. The molecule has 0 aliphatic carbocycles. The van der Waals surface area contributed by atoms with Crippen LogP contribution in [0.5, 0.6) is 0 Å². The highest BCUT2D eigenvalue weighted by Crippen LogP contribution is 2.29. The molecule has 6 heteroatoms. The third-order valence-electron chi connectivity index (χ3n) is 2.55. The van der Waals surface area contributed by atoms with E-state index in [2.05, 4.69) is 20.9 Å². The Kier molecular flexibility index (Phi) is 4.45. The zero-order chi connectivity index (χ0) is 14.0. The van der Waals surface area contributed by atoms with Crippen molar-refractivity contribution in [1.82, 2.24) is 4.98 Å². The van der Waals surface area contributed by atoms with Crippen LogP contribution in [-0.2, 0) is 0 Å². The van der Waals surface area contributed by atoms with E-state index in [4.69, 9.17) is 23.2 Å². The molecule has 0 radical (unpaired) electrons. The van der Waals surface area contributed by atoms with Crippen LogP contribution in [0.15, 0.2) is 41.0 Å². The van der Waals surface area contributed by atoms with Crippen LogP contribution in [0.2, 0.25) is 10.2 Å².